The van der Waals surface area contributed by atoms with Gasteiger partial charge in [0.15, 0.2) is 0 Å². The molecule has 3 aromatic rings. The molecule has 1 aliphatic heterocycles. The first-order valence-electron chi connectivity index (χ1n) is 14.3. The van der Waals surface area contributed by atoms with Crippen molar-refractivity contribution in [3.05, 3.63) is 42.3 Å². The molecule has 0 aliphatic carbocycles. The number of carbonyl (C=O) groups is 2. The lowest BCUT2D eigenvalue weighted by molar-refractivity contribution is 0.0553. The zero-order valence-corrected chi connectivity index (χ0v) is 25.7. The van der Waals surface area contributed by atoms with Gasteiger partial charge < -0.3 is 23.6 Å². The first kappa shape index (κ1) is 30.8. The minimum absolute atomic E-state index is 0.00180. The Morgan fingerprint density at radius 3 is 2.43 bits per heavy atom. The van der Waals surface area contributed by atoms with Crippen molar-refractivity contribution in [3.8, 4) is 17.1 Å². The van der Waals surface area contributed by atoms with Crippen LogP contribution in [-0.4, -0.2) is 57.5 Å². The van der Waals surface area contributed by atoms with Crippen LogP contribution in [0.2, 0.25) is 0 Å². The topological polar surface area (TPSA) is 128 Å². The Kier molecular flexibility index (Phi) is 9.08. The van der Waals surface area contributed by atoms with E-state index in [9.17, 15) is 9.59 Å². The number of hydrogen-bond donors (Lipinski definition) is 1. The predicted octanol–water partition coefficient (Wildman–Crippen LogP) is 6.88. The molecule has 0 spiro atoms. The number of fused-ring (bicyclic) bond motifs is 1. The average molecular weight is 580 g/mol. The molecule has 4 rings (SSSR count). The summed E-state index contributed by atoms with van der Waals surface area (Å²) in [6.07, 6.45) is -0.167. The summed E-state index contributed by atoms with van der Waals surface area (Å²) in [5, 5.41) is 8.92. The molecular formula is C31H41N5O6. The fourth-order valence-corrected chi connectivity index (χ4v) is 4.41. The van der Waals surface area contributed by atoms with E-state index in [1.807, 2.05) is 36.4 Å². The quantitative estimate of drug-likeness (QED) is 0.254. The lowest BCUT2D eigenvalue weighted by Crippen LogP contribution is -2.46. The zero-order valence-electron chi connectivity index (χ0n) is 25.7. The van der Waals surface area contributed by atoms with E-state index in [0.717, 1.165) is 28.5 Å². The molecule has 0 radical (unpaired) electrons. The number of hydrogen-bond acceptors (Lipinski definition) is 8. The molecule has 11 heteroatoms. The van der Waals surface area contributed by atoms with E-state index >= 15 is 0 Å². The third-order valence-corrected chi connectivity index (χ3v) is 6.11. The summed E-state index contributed by atoms with van der Waals surface area (Å²) < 4.78 is 22.3. The van der Waals surface area contributed by atoms with Crippen LogP contribution >= 0.6 is 0 Å². The molecule has 42 heavy (non-hydrogen) atoms. The van der Waals surface area contributed by atoms with E-state index < -0.39 is 29.4 Å². The maximum absolute atomic E-state index is 12.7. The number of alkyl carbamates (subject to hydrolysis) is 1. The molecule has 0 saturated carbocycles. The second-order valence-electron chi connectivity index (χ2n) is 12.8. The summed E-state index contributed by atoms with van der Waals surface area (Å²) in [4.78, 5) is 35.8. The summed E-state index contributed by atoms with van der Waals surface area (Å²) >= 11 is 0. The summed E-state index contributed by atoms with van der Waals surface area (Å²) in [7, 11) is 0. The Bertz CT molecular complexity index is 1450. The lowest BCUT2D eigenvalue weighted by Gasteiger charge is -2.27. The largest absolute Gasteiger partial charge is 0.493 e. The van der Waals surface area contributed by atoms with Crippen molar-refractivity contribution in [1.29, 1.82) is 0 Å². The molecule has 2 heterocycles. The van der Waals surface area contributed by atoms with Crippen LogP contribution in [0, 0.1) is 5.92 Å². The maximum atomic E-state index is 12.7. The molecule has 1 N–H and O–H groups in total. The van der Waals surface area contributed by atoms with Gasteiger partial charge in [-0.25, -0.2) is 9.59 Å². The second-order valence-corrected chi connectivity index (χ2v) is 12.8. The minimum Gasteiger partial charge on any atom is -0.493 e. The van der Waals surface area contributed by atoms with Crippen molar-refractivity contribution in [2.75, 3.05) is 13.2 Å². The van der Waals surface area contributed by atoms with E-state index in [-0.39, 0.29) is 5.96 Å². The third kappa shape index (κ3) is 8.43. The highest BCUT2D eigenvalue weighted by Gasteiger charge is 2.35. The van der Waals surface area contributed by atoms with Crippen molar-refractivity contribution < 1.29 is 28.3 Å². The maximum Gasteiger partial charge on any atom is 0.437 e. The van der Waals surface area contributed by atoms with Crippen LogP contribution in [0.25, 0.3) is 22.2 Å². The van der Waals surface area contributed by atoms with Crippen LogP contribution in [0.1, 0.15) is 80.2 Å². The zero-order chi connectivity index (χ0) is 30.7. The van der Waals surface area contributed by atoms with Crippen LogP contribution in [-0.2, 0) is 9.47 Å². The van der Waals surface area contributed by atoms with Gasteiger partial charge in [-0.2, -0.15) is 4.98 Å². The molecule has 11 nitrogen and oxygen atoms in total. The minimum atomic E-state index is -0.834. The molecular weight excluding hydrogens is 538 g/mol. The Morgan fingerprint density at radius 2 is 1.74 bits per heavy atom. The van der Waals surface area contributed by atoms with Gasteiger partial charge in [-0.3, -0.25) is 5.32 Å². The highest BCUT2D eigenvalue weighted by molar-refractivity contribution is 5.99. The molecule has 226 valence electrons. The number of amides is 2. The van der Waals surface area contributed by atoms with Gasteiger partial charge in [-0.15, -0.1) is 4.99 Å². The van der Waals surface area contributed by atoms with Gasteiger partial charge in [-0.05, 0) is 89.3 Å². The average Bonchev–Trinajstić information content (AvgIpc) is 3.54. The number of nitrogens with zero attached hydrogens (tertiary/aromatic N) is 4. The normalized spacial score (nSPS) is 16.2. The number of benzene rings is 2. The Balaban J connectivity index is 1.57. The number of likely N-dealkylation sites (tertiary alicyclic amines) is 1. The van der Waals surface area contributed by atoms with Crippen molar-refractivity contribution in [1.82, 2.24) is 20.4 Å². The summed E-state index contributed by atoms with van der Waals surface area (Å²) in [5.41, 5.74) is -0.700. The van der Waals surface area contributed by atoms with Gasteiger partial charge in [0, 0.05) is 12.1 Å². The summed E-state index contributed by atoms with van der Waals surface area (Å²) in [6.45, 7) is 15.9. The van der Waals surface area contributed by atoms with Crippen LogP contribution in [0.5, 0.6) is 5.75 Å². The van der Waals surface area contributed by atoms with Crippen LogP contribution < -0.4 is 10.1 Å². The first-order valence-corrected chi connectivity index (χ1v) is 14.3. The highest BCUT2D eigenvalue weighted by atomic mass is 16.6. The van der Waals surface area contributed by atoms with E-state index in [0.29, 0.717) is 37.2 Å². The van der Waals surface area contributed by atoms with Crippen LogP contribution in [0.15, 0.2) is 45.9 Å². The fourth-order valence-electron chi connectivity index (χ4n) is 4.41. The number of ether oxygens (including phenoxy) is 3. The lowest BCUT2D eigenvalue weighted by atomic mass is 10.1. The molecule has 1 aromatic heterocycles. The number of guanidine groups is 1. The Morgan fingerprint density at radius 1 is 1.05 bits per heavy atom. The summed E-state index contributed by atoms with van der Waals surface area (Å²) in [5.74, 6) is 2.06. The van der Waals surface area contributed by atoms with E-state index in [1.54, 1.807) is 46.4 Å². The molecule has 0 unspecified atom stereocenters. The first-order chi connectivity index (χ1) is 19.7. The van der Waals surface area contributed by atoms with Gasteiger partial charge in [0.25, 0.3) is 0 Å². The number of rotatable bonds is 5. The van der Waals surface area contributed by atoms with Crippen molar-refractivity contribution >= 4 is 28.9 Å². The Labute approximate surface area is 246 Å². The van der Waals surface area contributed by atoms with E-state index in [2.05, 4.69) is 34.3 Å². The molecule has 2 amide bonds. The molecule has 0 bridgehead atoms. The standard InChI is InChI=1S/C31H41N5O6/c1-19(2)18-39-23-14-13-20-16-22(12-11-21(20)17-23)25-32-26(42-35-25)24-10-9-15-36(24)27(33-28(37)40-30(3,4)5)34-29(38)41-31(6,7)8/h11-14,16-17,19,24H,9-10,15,18H2,1-8H3,(H,33,34,37,38)/t24-/m0/s1. The van der Waals surface area contributed by atoms with Gasteiger partial charge >= 0.3 is 12.2 Å². The SMILES string of the molecule is CC(C)COc1ccc2cc(-c3noc([C@@H]4CCCN4/C(=N/C(=O)OC(C)(C)C)NC(=O)OC(C)(C)C)n3)ccc2c1. The van der Waals surface area contributed by atoms with Gasteiger partial charge in [0.1, 0.15) is 23.0 Å². The smallest absolute Gasteiger partial charge is 0.437 e. The van der Waals surface area contributed by atoms with Crippen LogP contribution in [0.3, 0.4) is 0 Å². The number of aliphatic imine (C=N–C) groups is 1. The summed E-state index contributed by atoms with van der Waals surface area (Å²) in [6, 6.07) is 11.5. The molecule has 2 aromatic carbocycles. The van der Waals surface area contributed by atoms with E-state index in [4.69, 9.17) is 18.7 Å². The molecule has 1 saturated heterocycles. The van der Waals surface area contributed by atoms with Gasteiger partial charge in [0.05, 0.1) is 6.61 Å². The number of carbonyl (C=O) groups excluding carboxylic acids is 2. The van der Waals surface area contributed by atoms with Crippen molar-refractivity contribution in [2.24, 2.45) is 10.9 Å². The van der Waals surface area contributed by atoms with Crippen LogP contribution in [0.4, 0.5) is 9.59 Å². The van der Waals surface area contributed by atoms with Gasteiger partial charge in [0.2, 0.25) is 17.7 Å². The van der Waals surface area contributed by atoms with Crippen molar-refractivity contribution in [3.63, 3.8) is 0 Å². The molecule has 1 fully saturated rings. The molecule has 1 aliphatic rings. The van der Waals surface area contributed by atoms with Gasteiger partial charge in [-0.1, -0.05) is 37.2 Å². The van der Waals surface area contributed by atoms with Crippen molar-refractivity contribution in [2.45, 2.75) is 85.5 Å². The molecule has 1 atom stereocenters. The van der Waals surface area contributed by atoms with E-state index in [1.165, 1.54) is 0 Å². The highest BCUT2D eigenvalue weighted by Crippen LogP contribution is 2.33. The fraction of sp³-hybridized carbons (Fsp3) is 0.516. The third-order valence-electron chi connectivity index (χ3n) is 6.11. The number of aromatic nitrogens is 2. The monoisotopic (exact) mass is 579 g/mol. The number of nitrogens with one attached hydrogen (secondary N) is 1. The second kappa shape index (κ2) is 12.4. The Hall–Kier alpha value is -4.15. The predicted molar refractivity (Wildman–Crippen MR) is 159 cm³/mol.